The molecule has 0 aromatic heterocycles. The summed E-state index contributed by atoms with van der Waals surface area (Å²) in [7, 11) is 0. The highest BCUT2D eigenvalue weighted by Crippen LogP contribution is 2.34. The zero-order valence-corrected chi connectivity index (χ0v) is 12.9. The summed E-state index contributed by atoms with van der Waals surface area (Å²) >= 11 is 5.87. The van der Waals surface area contributed by atoms with Gasteiger partial charge in [0.05, 0.1) is 10.7 Å². The van der Waals surface area contributed by atoms with Crippen LogP contribution in [0.5, 0.6) is 0 Å². The Balaban J connectivity index is 1.47. The number of nitrogens with zero attached hydrogens (tertiary/aromatic N) is 1. The number of hydrogen-bond donors (Lipinski definition) is 2. The van der Waals surface area contributed by atoms with Gasteiger partial charge in [-0.15, -0.1) is 0 Å². The molecule has 0 saturated heterocycles. The Bertz CT molecular complexity index is 526. The smallest absolute Gasteiger partial charge is 0.225 e. The summed E-state index contributed by atoms with van der Waals surface area (Å²) in [6.07, 6.45) is 5.84. The van der Waals surface area contributed by atoms with Crippen molar-refractivity contribution in [1.29, 1.82) is 0 Å². The molecule has 0 heterocycles. The van der Waals surface area contributed by atoms with Crippen LogP contribution in [0.15, 0.2) is 18.2 Å². The average Bonchev–Trinajstić information content (AvgIpc) is 3.31. The fourth-order valence-electron chi connectivity index (χ4n) is 2.58. The summed E-state index contributed by atoms with van der Waals surface area (Å²) in [5, 5.41) is 3.40. The van der Waals surface area contributed by atoms with Crippen molar-refractivity contribution < 1.29 is 4.79 Å². The Hall–Kier alpha value is -1.26. The van der Waals surface area contributed by atoms with Crippen LogP contribution in [0.4, 0.5) is 11.4 Å². The van der Waals surface area contributed by atoms with Gasteiger partial charge in [0.2, 0.25) is 5.91 Å². The van der Waals surface area contributed by atoms with Gasteiger partial charge in [-0.25, -0.2) is 0 Å². The molecular weight excluding hydrogens is 286 g/mol. The molecule has 2 fully saturated rings. The molecule has 114 valence electrons. The monoisotopic (exact) mass is 307 g/mol. The molecule has 0 unspecified atom stereocenters. The molecule has 3 rings (SSSR count). The number of nitrogen functional groups attached to an aromatic ring is 1. The maximum atomic E-state index is 12.0. The maximum absolute atomic E-state index is 12.0. The molecule has 0 atom stereocenters. The molecule has 0 bridgehead atoms. The van der Waals surface area contributed by atoms with Crippen LogP contribution in [-0.2, 0) is 4.79 Å². The zero-order chi connectivity index (χ0) is 14.8. The van der Waals surface area contributed by atoms with Gasteiger partial charge in [-0.1, -0.05) is 11.6 Å². The van der Waals surface area contributed by atoms with Gasteiger partial charge < -0.3 is 11.1 Å². The molecule has 2 saturated carbocycles. The number of halogens is 1. The minimum Gasteiger partial charge on any atom is -0.397 e. The fraction of sp³-hybridized carbons (Fsp3) is 0.562. The van der Waals surface area contributed by atoms with Gasteiger partial charge in [0.25, 0.3) is 0 Å². The quantitative estimate of drug-likeness (QED) is 0.761. The molecular formula is C16H22ClN3O. The molecule has 0 aliphatic heterocycles. The van der Waals surface area contributed by atoms with E-state index < -0.39 is 0 Å². The van der Waals surface area contributed by atoms with Crippen molar-refractivity contribution in [2.24, 2.45) is 5.92 Å². The Kier molecular flexibility index (Phi) is 4.36. The predicted molar refractivity (Wildman–Crippen MR) is 86.4 cm³/mol. The first kappa shape index (κ1) is 14.7. The van der Waals surface area contributed by atoms with Gasteiger partial charge in [0, 0.05) is 31.2 Å². The molecule has 5 heteroatoms. The average molecular weight is 308 g/mol. The highest BCUT2D eigenvalue weighted by Gasteiger charge is 2.33. The number of carbonyl (C=O) groups excluding carboxylic acids is 1. The van der Waals surface area contributed by atoms with Gasteiger partial charge in [-0.2, -0.15) is 0 Å². The predicted octanol–water partition coefficient (Wildman–Crippen LogP) is 3.13. The second-order valence-electron chi connectivity index (χ2n) is 6.20. The number of nitrogens with two attached hydrogens (primary N) is 1. The molecule has 0 spiro atoms. The van der Waals surface area contributed by atoms with Crippen LogP contribution in [0.3, 0.4) is 0 Å². The van der Waals surface area contributed by atoms with E-state index >= 15 is 0 Å². The summed E-state index contributed by atoms with van der Waals surface area (Å²) in [5.41, 5.74) is 6.94. The van der Waals surface area contributed by atoms with E-state index in [1.807, 2.05) is 0 Å². The normalized spacial score (nSPS) is 18.0. The van der Waals surface area contributed by atoms with E-state index in [-0.39, 0.29) is 5.91 Å². The summed E-state index contributed by atoms with van der Waals surface area (Å²) in [5.74, 6) is 0.919. The Morgan fingerprint density at radius 1 is 1.33 bits per heavy atom. The fourth-order valence-corrected chi connectivity index (χ4v) is 2.70. The van der Waals surface area contributed by atoms with Gasteiger partial charge >= 0.3 is 0 Å². The third kappa shape index (κ3) is 4.35. The molecule has 0 radical (unpaired) electrons. The summed E-state index contributed by atoms with van der Waals surface area (Å²) < 4.78 is 0. The SMILES string of the molecule is Nc1cc(NC(=O)CCN(CC2CC2)C2CC2)ccc1Cl. The zero-order valence-electron chi connectivity index (χ0n) is 12.1. The first-order valence-corrected chi connectivity index (χ1v) is 8.08. The van der Waals surface area contributed by atoms with Crippen LogP contribution >= 0.6 is 11.6 Å². The highest BCUT2D eigenvalue weighted by molar-refractivity contribution is 6.33. The van der Waals surface area contributed by atoms with Crippen LogP contribution in [0.1, 0.15) is 32.1 Å². The molecule has 21 heavy (non-hydrogen) atoms. The van der Waals surface area contributed by atoms with E-state index in [0.717, 1.165) is 18.5 Å². The molecule has 1 aromatic rings. The number of nitrogens with one attached hydrogen (secondary N) is 1. The van der Waals surface area contributed by atoms with E-state index in [9.17, 15) is 4.79 Å². The number of benzene rings is 1. The van der Waals surface area contributed by atoms with E-state index in [4.69, 9.17) is 17.3 Å². The van der Waals surface area contributed by atoms with Crippen molar-refractivity contribution in [1.82, 2.24) is 4.90 Å². The lowest BCUT2D eigenvalue weighted by Crippen LogP contribution is -2.31. The first-order chi connectivity index (χ1) is 10.1. The summed E-state index contributed by atoms with van der Waals surface area (Å²) in [6.45, 7) is 2.03. The van der Waals surface area contributed by atoms with E-state index in [0.29, 0.717) is 22.8 Å². The van der Waals surface area contributed by atoms with E-state index in [1.54, 1.807) is 18.2 Å². The maximum Gasteiger partial charge on any atom is 0.225 e. The number of rotatable bonds is 7. The largest absolute Gasteiger partial charge is 0.397 e. The second-order valence-corrected chi connectivity index (χ2v) is 6.61. The lowest BCUT2D eigenvalue weighted by Gasteiger charge is -2.21. The number of hydrogen-bond acceptors (Lipinski definition) is 3. The van der Waals surface area contributed by atoms with Crippen LogP contribution < -0.4 is 11.1 Å². The van der Waals surface area contributed by atoms with Crippen molar-refractivity contribution >= 4 is 28.9 Å². The van der Waals surface area contributed by atoms with Gasteiger partial charge in [0.1, 0.15) is 0 Å². The highest BCUT2D eigenvalue weighted by atomic mass is 35.5. The van der Waals surface area contributed by atoms with Crippen molar-refractivity contribution in [2.45, 2.75) is 38.1 Å². The third-order valence-corrected chi connectivity index (χ3v) is 4.50. The first-order valence-electron chi connectivity index (χ1n) is 7.71. The number of amides is 1. The molecule has 1 amide bonds. The molecule has 2 aliphatic carbocycles. The molecule has 1 aromatic carbocycles. The van der Waals surface area contributed by atoms with Crippen LogP contribution in [0, 0.1) is 5.92 Å². The Morgan fingerprint density at radius 3 is 2.71 bits per heavy atom. The molecule has 4 nitrogen and oxygen atoms in total. The van der Waals surface area contributed by atoms with Crippen LogP contribution in [0.25, 0.3) is 0 Å². The summed E-state index contributed by atoms with van der Waals surface area (Å²) in [4.78, 5) is 14.5. The third-order valence-electron chi connectivity index (χ3n) is 4.16. The minimum absolute atomic E-state index is 0.0400. The lowest BCUT2D eigenvalue weighted by molar-refractivity contribution is -0.116. The van der Waals surface area contributed by atoms with Crippen molar-refractivity contribution in [3.05, 3.63) is 23.2 Å². The van der Waals surface area contributed by atoms with Crippen LogP contribution in [-0.4, -0.2) is 29.9 Å². The standard InChI is InChI=1S/C16H22ClN3O/c17-14-6-3-12(9-15(14)18)19-16(21)7-8-20(13-4-5-13)10-11-1-2-11/h3,6,9,11,13H,1-2,4-5,7-8,10,18H2,(H,19,21). The summed E-state index contributed by atoms with van der Waals surface area (Å²) in [6, 6.07) is 5.91. The van der Waals surface area contributed by atoms with Gasteiger partial charge in [-0.3, -0.25) is 9.69 Å². The Labute approximate surface area is 130 Å². The Morgan fingerprint density at radius 2 is 2.10 bits per heavy atom. The van der Waals surface area contributed by atoms with Crippen LogP contribution in [0.2, 0.25) is 5.02 Å². The topological polar surface area (TPSA) is 58.4 Å². The second kappa shape index (κ2) is 6.24. The number of anilines is 2. The molecule has 2 aliphatic rings. The van der Waals surface area contributed by atoms with Crippen molar-refractivity contribution in [3.63, 3.8) is 0 Å². The van der Waals surface area contributed by atoms with E-state index in [2.05, 4.69) is 10.2 Å². The number of carbonyl (C=O) groups is 1. The lowest BCUT2D eigenvalue weighted by atomic mass is 10.2. The van der Waals surface area contributed by atoms with Gasteiger partial charge in [-0.05, 0) is 49.8 Å². The van der Waals surface area contributed by atoms with E-state index in [1.165, 1.54) is 32.2 Å². The van der Waals surface area contributed by atoms with Crippen molar-refractivity contribution in [3.8, 4) is 0 Å². The van der Waals surface area contributed by atoms with Crippen molar-refractivity contribution in [2.75, 3.05) is 24.1 Å². The minimum atomic E-state index is 0.0400. The molecule has 3 N–H and O–H groups in total. The van der Waals surface area contributed by atoms with Gasteiger partial charge in [0.15, 0.2) is 0 Å².